The van der Waals surface area contributed by atoms with E-state index >= 15 is 0 Å². The summed E-state index contributed by atoms with van der Waals surface area (Å²) in [4.78, 5) is 30.6. The van der Waals surface area contributed by atoms with E-state index in [1.807, 2.05) is 0 Å². The molecule has 8 nitrogen and oxygen atoms in total. The van der Waals surface area contributed by atoms with Crippen molar-refractivity contribution in [3.05, 3.63) is 52.0 Å². The lowest BCUT2D eigenvalue weighted by Crippen LogP contribution is -2.49. The lowest BCUT2D eigenvalue weighted by molar-refractivity contribution is 0.0565. The number of rotatable bonds is 3. The summed E-state index contributed by atoms with van der Waals surface area (Å²) >= 11 is 0. The average Bonchev–Trinajstić information content (AvgIpc) is 2.98. The Hall–Kier alpha value is -3.16. The molecule has 1 amide bonds. The van der Waals surface area contributed by atoms with Crippen LogP contribution in [-0.4, -0.2) is 41.1 Å². The number of hydrogen-bond donors (Lipinski definition) is 0. The number of nitrogens with zero attached hydrogens (tertiary/aromatic N) is 3. The zero-order chi connectivity index (χ0) is 17.6. The van der Waals surface area contributed by atoms with Crippen molar-refractivity contribution in [3.8, 4) is 5.75 Å². The van der Waals surface area contributed by atoms with Gasteiger partial charge >= 0.3 is 5.63 Å². The van der Waals surface area contributed by atoms with E-state index in [1.165, 1.54) is 13.2 Å². The van der Waals surface area contributed by atoms with Gasteiger partial charge in [0.1, 0.15) is 5.56 Å². The zero-order valence-corrected chi connectivity index (χ0v) is 13.7. The SMILES string of the molecule is COc1cccc2cc(C(=O)N3CC(c4nc(C)no4)C3)c(=O)oc12. The van der Waals surface area contributed by atoms with Gasteiger partial charge < -0.3 is 18.6 Å². The number of likely N-dealkylation sites (tertiary alicyclic amines) is 1. The summed E-state index contributed by atoms with van der Waals surface area (Å²) < 4.78 is 15.6. The van der Waals surface area contributed by atoms with E-state index in [0.29, 0.717) is 41.5 Å². The van der Waals surface area contributed by atoms with E-state index in [1.54, 1.807) is 30.0 Å². The maximum absolute atomic E-state index is 12.6. The first-order chi connectivity index (χ1) is 12.1. The van der Waals surface area contributed by atoms with Crippen LogP contribution in [0.5, 0.6) is 5.75 Å². The molecule has 0 aliphatic carbocycles. The number of para-hydroxylation sites is 1. The fraction of sp³-hybridized carbons (Fsp3) is 0.294. The Balaban J connectivity index is 1.59. The van der Waals surface area contributed by atoms with E-state index in [4.69, 9.17) is 13.7 Å². The zero-order valence-electron chi connectivity index (χ0n) is 13.7. The van der Waals surface area contributed by atoms with Crippen LogP contribution in [-0.2, 0) is 0 Å². The van der Waals surface area contributed by atoms with Crippen LogP contribution in [0.15, 0.2) is 38.0 Å². The molecular formula is C17H15N3O5. The predicted octanol–water partition coefficient (Wildman–Crippen LogP) is 1.73. The van der Waals surface area contributed by atoms with Gasteiger partial charge in [0.05, 0.1) is 13.0 Å². The molecule has 4 rings (SSSR count). The third kappa shape index (κ3) is 2.55. The molecule has 1 saturated heterocycles. The molecule has 3 aromatic rings. The monoisotopic (exact) mass is 341 g/mol. The Kier molecular flexibility index (Phi) is 3.52. The Morgan fingerprint density at radius 2 is 2.16 bits per heavy atom. The minimum atomic E-state index is -0.681. The van der Waals surface area contributed by atoms with Crippen molar-refractivity contribution in [2.75, 3.05) is 20.2 Å². The summed E-state index contributed by atoms with van der Waals surface area (Å²) in [6, 6.07) is 6.76. The number of carbonyl (C=O) groups excluding carboxylic acids is 1. The molecule has 1 aromatic carbocycles. The predicted molar refractivity (Wildman–Crippen MR) is 86.7 cm³/mol. The van der Waals surface area contributed by atoms with Gasteiger partial charge in [0.25, 0.3) is 5.91 Å². The molecule has 0 N–H and O–H groups in total. The van der Waals surface area contributed by atoms with Crippen LogP contribution >= 0.6 is 0 Å². The Labute approximate surface area is 142 Å². The van der Waals surface area contributed by atoms with Gasteiger partial charge in [0.15, 0.2) is 17.2 Å². The number of hydrogen-bond acceptors (Lipinski definition) is 7. The van der Waals surface area contributed by atoms with Crippen molar-refractivity contribution < 1.29 is 18.5 Å². The molecular weight excluding hydrogens is 326 g/mol. The Morgan fingerprint density at radius 1 is 1.36 bits per heavy atom. The topological polar surface area (TPSA) is 98.7 Å². The van der Waals surface area contributed by atoms with Gasteiger partial charge in [0, 0.05) is 18.5 Å². The van der Waals surface area contributed by atoms with Crippen LogP contribution in [0.2, 0.25) is 0 Å². The molecule has 1 aliphatic heterocycles. The summed E-state index contributed by atoms with van der Waals surface area (Å²) in [5, 5.41) is 4.38. The van der Waals surface area contributed by atoms with Crippen LogP contribution in [0, 0.1) is 6.92 Å². The second kappa shape index (κ2) is 5.73. The molecule has 0 atom stereocenters. The van der Waals surface area contributed by atoms with Crippen LogP contribution < -0.4 is 10.4 Å². The number of amides is 1. The lowest BCUT2D eigenvalue weighted by Gasteiger charge is -2.36. The maximum atomic E-state index is 12.6. The second-order valence-corrected chi connectivity index (χ2v) is 5.91. The van der Waals surface area contributed by atoms with E-state index in [0.717, 1.165) is 0 Å². The van der Waals surface area contributed by atoms with Crippen LogP contribution in [0.1, 0.15) is 28.0 Å². The molecule has 0 radical (unpaired) electrons. The first-order valence-electron chi connectivity index (χ1n) is 7.77. The minimum Gasteiger partial charge on any atom is -0.493 e. The third-order valence-corrected chi connectivity index (χ3v) is 4.24. The highest BCUT2D eigenvalue weighted by Gasteiger charge is 2.37. The normalized spacial score (nSPS) is 14.6. The molecule has 0 saturated carbocycles. The first-order valence-corrected chi connectivity index (χ1v) is 7.77. The van der Waals surface area contributed by atoms with Gasteiger partial charge in [0.2, 0.25) is 5.89 Å². The van der Waals surface area contributed by atoms with Crippen LogP contribution in [0.4, 0.5) is 0 Å². The fourth-order valence-corrected chi connectivity index (χ4v) is 2.88. The van der Waals surface area contributed by atoms with E-state index in [2.05, 4.69) is 10.1 Å². The molecule has 3 heterocycles. The molecule has 1 fully saturated rings. The van der Waals surface area contributed by atoms with Crippen LogP contribution in [0.25, 0.3) is 11.0 Å². The highest BCUT2D eigenvalue weighted by molar-refractivity contribution is 5.97. The van der Waals surface area contributed by atoms with Gasteiger partial charge in [-0.05, 0) is 19.1 Å². The van der Waals surface area contributed by atoms with Crippen molar-refractivity contribution >= 4 is 16.9 Å². The van der Waals surface area contributed by atoms with Crippen molar-refractivity contribution in [3.63, 3.8) is 0 Å². The molecule has 2 aromatic heterocycles. The van der Waals surface area contributed by atoms with Crippen molar-refractivity contribution in [2.45, 2.75) is 12.8 Å². The number of aryl methyl sites for hydroxylation is 1. The van der Waals surface area contributed by atoms with Gasteiger partial charge in [-0.3, -0.25) is 4.79 Å². The quantitative estimate of drug-likeness (QED) is 0.669. The number of aromatic nitrogens is 2. The minimum absolute atomic E-state index is 0.000845. The van der Waals surface area contributed by atoms with E-state index < -0.39 is 5.63 Å². The number of fused-ring (bicyclic) bond motifs is 1. The summed E-state index contributed by atoms with van der Waals surface area (Å²) in [7, 11) is 1.49. The molecule has 0 unspecified atom stereocenters. The van der Waals surface area contributed by atoms with E-state index in [-0.39, 0.29) is 17.4 Å². The summed E-state index contributed by atoms with van der Waals surface area (Å²) in [6.07, 6.45) is 0. The van der Waals surface area contributed by atoms with Crippen LogP contribution in [0.3, 0.4) is 0 Å². The van der Waals surface area contributed by atoms with Gasteiger partial charge in [-0.2, -0.15) is 4.98 Å². The molecule has 0 spiro atoms. The smallest absolute Gasteiger partial charge is 0.349 e. The van der Waals surface area contributed by atoms with Gasteiger partial charge in [-0.15, -0.1) is 0 Å². The summed E-state index contributed by atoms with van der Waals surface area (Å²) in [6.45, 7) is 2.59. The number of benzene rings is 1. The number of carbonyl (C=O) groups is 1. The number of ether oxygens (including phenoxy) is 1. The third-order valence-electron chi connectivity index (χ3n) is 4.24. The largest absolute Gasteiger partial charge is 0.493 e. The Morgan fingerprint density at radius 3 is 2.84 bits per heavy atom. The summed E-state index contributed by atoms with van der Waals surface area (Å²) in [5.74, 6) is 1.15. The van der Waals surface area contributed by atoms with Gasteiger partial charge in [-0.1, -0.05) is 17.3 Å². The second-order valence-electron chi connectivity index (χ2n) is 5.91. The molecule has 128 valence electrons. The average molecular weight is 341 g/mol. The van der Waals surface area contributed by atoms with E-state index in [9.17, 15) is 9.59 Å². The molecule has 1 aliphatic rings. The highest BCUT2D eigenvalue weighted by atomic mass is 16.5. The Bertz CT molecular complexity index is 1020. The first kappa shape index (κ1) is 15.4. The molecule has 8 heteroatoms. The van der Waals surface area contributed by atoms with Crippen molar-refractivity contribution in [1.29, 1.82) is 0 Å². The standard InChI is InChI=1S/C17H15N3O5/c1-9-18-15(25-19-9)11-7-20(8-11)16(21)12-6-10-4-3-5-13(23-2)14(10)24-17(12)22/h3-6,11H,7-8H2,1-2H3. The highest BCUT2D eigenvalue weighted by Crippen LogP contribution is 2.28. The maximum Gasteiger partial charge on any atom is 0.349 e. The summed E-state index contributed by atoms with van der Waals surface area (Å²) in [5.41, 5.74) is -0.352. The van der Waals surface area contributed by atoms with Crippen molar-refractivity contribution in [1.82, 2.24) is 15.0 Å². The molecule has 0 bridgehead atoms. The van der Waals surface area contributed by atoms with Crippen molar-refractivity contribution in [2.24, 2.45) is 0 Å². The van der Waals surface area contributed by atoms with Gasteiger partial charge in [-0.25, -0.2) is 4.79 Å². The fourth-order valence-electron chi connectivity index (χ4n) is 2.88. The number of methoxy groups -OCH3 is 1. The molecule has 25 heavy (non-hydrogen) atoms. The lowest BCUT2D eigenvalue weighted by atomic mass is 9.99.